The van der Waals surface area contributed by atoms with Crippen LogP contribution in [0.15, 0.2) is 30.3 Å². The Labute approximate surface area is 141 Å². The zero-order valence-corrected chi connectivity index (χ0v) is 14.3. The largest absolute Gasteiger partial charge is 0.458 e. The maximum Gasteiger partial charge on any atom is 0.418 e. The molecule has 0 radical (unpaired) electrons. The Morgan fingerprint density at radius 2 is 1.83 bits per heavy atom. The van der Waals surface area contributed by atoms with Crippen molar-refractivity contribution in [2.75, 3.05) is 13.6 Å². The van der Waals surface area contributed by atoms with E-state index in [2.05, 4.69) is 0 Å². The third kappa shape index (κ3) is 4.24. The Bertz CT molecular complexity index is 624. The summed E-state index contributed by atoms with van der Waals surface area (Å²) in [5, 5.41) is 0. The van der Waals surface area contributed by atoms with Gasteiger partial charge in [-0.2, -0.15) is 0 Å². The van der Waals surface area contributed by atoms with Gasteiger partial charge < -0.3 is 14.4 Å². The van der Waals surface area contributed by atoms with Crippen LogP contribution in [-0.2, 0) is 20.9 Å². The Kier molecular flexibility index (Phi) is 5.11. The zero-order valence-electron chi connectivity index (χ0n) is 14.3. The highest BCUT2D eigenvalue weighted by Gasteiger charge is 2.44. The van der Waals surface area contributed by atoms with E-state index in [0.29, 0.717) is 0 Å². The van der Waals surface area contributed by atoms with Gasteiger partial charge in [0.1, 0.15) is 18.2 Å². The maximum atomic E-state index is 12.2. The summed E-state index contributed by atoms with van der Waals surface area (Å²) >= 11 is 0. The lowest BCUT2D eigenvalue weighted by Crippen LogP contribution is -2.40. The van der Waals surface area contributed by atoms with E-state index in [9.17, 15) is 14.4 Å². The van der Waals surface area contributed by atoms with Gasteiger partial charge in [-0.05, 0) is 26.3 Å². The number of nitrogens with zero attached hydrogens (tertiary/aromatic N) is 2. The summed E-state index contributed by atoms with van der Waals surface area (Å²) in [5.41, 5.74) is 0.150. The predicted octanol–water partition coefficient (Wildman–Crippen LogP) is 2.40. The van der Waals surface area contributed by atoms with E-state index in [4.69, 9.17) is 9.47 Å². The molecule has 1 aromatic carbocycles. The summed E-state index contributed by atoms with van der Waals surface area (Å²) in [5.74, 6) is -0.545. The van der Waals surface area contributed by atoms with Crippen LogP contribution in [0.5, 0.6) is 0 Å². The number of ether oxygens (including phenoxy) is 2. The topological polar surface area (TPSA) is 76.2 Å². The summed E-state index contributed by atoms with van der Waals surface area (Å²) in [4.78, 5) is 38.6. The van der Waals surface area contributed by atoms with Crippen LogP contribution in [-0.4, -0.2) is 53.1 Å². The smallest absolute Gasteiger partial charge is 0.418 e. The lowest BCUT2D eigenvalue weighted by Gasteiger charge is -2.24. The molecular weight excluding hydrogens is 312 g/mol. The van der Waals surface area contributed by atoms with Crippen molar-refractivity contribution in [3.05, 3.63) is 35.9 Å². The molecule has 2 rings (SSSR count). The van der Waals surface area contributed by atoms with Crippen molar-refractivity contribution < 1.29 is 23.9 Å². The molecule has 0 bridgehead atoms. The first-order valence-electron chi connectivity index (χ1n) is 7.67. The number of hydrogen-bond donors (Lipinski definition) is 0. The zero-order chi connectivity index (χ0) is 17.9. The molecule has 1 saturated heterocycles. The molecule has 1 aromatic rings. The Balaban J connectivity index is 1.97. The third-order valence-corrected chi connectivity index (χ3v) is 3.46. The van der Waals surface area contributed by atoms with Gasteiger partial charge in [0.15, 0.2) is 0 Å². The quantitative estimate of drug-likeness (QED) is 0.793. The molecule has 130 valence electrons. The second-order valence-corrected chi connectivity index (χ2v) is 6.59. The maximum absolute atomic E-state index is 12.2. The van der Waals surface area contributed by atoms with Gasteiger partial charge in [0.05, 0.1) is 6.54 Å². The summed E-state index contributed by atoms with van der Waals surface area (Å²) in [6.07, 6.45) is -0.776. The average molecular weight is 334 g/mol. The highest BCUT2D eigenvalue weighted by molar-refractivity contribution is 5.96. The number of carbonyl (C=O) groups is 3. The number of rotatable bonds is 3. The van der Waals surface area contributed by atoms with Crippen molar-refractivity contribution in [1.29, 1.82) is 0 Å². The highest BCUT2D eigenvalue weighted by atomic mass is 16.6. The molecule has 0 saturated carbocycles. The molecule has 0 N–H and O–H groups in total. The number of likely N-dealkylation sites (N-methyl/N-ethyl adjacent to an activating group) is 1. The second kappa shape index (κ2) is 6.90. The van der Waals surface area contributed by atoms with Crippen LogP contribution in [0.3, 0.4) is 0 Å². The molecule has 1 atom stereocenters. The van der Waals surface area contributed by atoms with Crippen LogP contribution in [0.2, 0.25) is 0 Å². The Morgan fingerprint density at radius 1 is 1.21 bits per heavy atom. The minimum Gasteiger partial charge on any atom is -0.458 e. The first kappa shape index (κ1) is 17.8. The second-order valence-electron chi connectivity index (χ2n) is 6.59. The van der Waals surface area contributed by atoms with Crippen molar-refractivity contribution in [3.63, 3.8) is 0 Å². The Morgan fingerprint density at radius 3 is 2.42 bits per heavy atom. The Hall–Kier alpha value is -2.57. The highest BCUT2D eigenvalue weighted by Crippen LogP contribution is 2.19. The van der Waals surface area contributed by atoms with Gasteiger partial charge in [-0.15, -0.1) is 0 Å². The lowest BCUT2D eigenvalue weighted by atomic mass is 10.2. The summed E-state index contributed by atoms with van der Waals surface area (Å²) in [6, 6.07) is 7.73. The van der Waals surface area contributed by atoms with Crippen LogP contribution in [0.25, 0.3) is 0 Å². The van der Waals surface area contributed by atoms with Crippen molar-refractivity contribution in [1.82, 2.24) is 9.80 Å². The molecule has 0 aromatic heterocycles. The first-order valence-corrected chi connectivity index (χ1v) is 7.67. The molecule has 1 aliphatic heterocycles. The van der Waals surface area contributed by atoms with E-state index >= 15 is 0 Å². The van der Waals surface area contributed by atoms with Crippen LogP contribution >= 0.6 is 0 Å². The van der Waals surface area contributed by atoms with Gasteiger partial charge in [0, 0.05) is 7.05 Å². The normalized spacial score (nSPS) is 17.8. The molecule has 3 amide bonds. The van der Waals surface area contributed by atoms with Crippen LogP contribution in [0, 0.1) is 0 Å². The van der Waals surface area contributed by atoms with Crippen molar-refractivity contribution in [3.8, 4) is 0 Å². The minimum absolute atomic E-state index is 0.0598. The van der Waals surface area contributed by atoms with E-state index in [1.807, 2.05) is 30.3 Å². The van der Waals surface area contributed by atoms with Crippen molar-refractivity contribution in [2.45, 2.75) is 39.0 Å². The molecule has 1 fully saturated rings. The number of hydrogen-bond acceptors (Lipinski definition) is 5. The molecule has 7 nitrogen and oxygen atoms in total. The number of imide groups is 1. The van der Waals surface area contributed by atoms with Crippen molar-refractivity contribution >= 4 is 18.1 Å². The summed E-state index contributed by atoms with van der Waals surface area (Å²) < 4.78 is 10.4. The molecule has 0 spiro atoms. The molecular formula is C17H22N2O5. The van der Waals surface area contributed by atoms with E-state index in [1.165, 1.54) is 11.9 Å². The van der Waals surface area contributed by atoms with E-state index in [0.717, 1.165) is 10.5 Å². The van der Waals surface area contributed by atoms with Gasteiger partial charge in [0.2, 0.25) is 0 Å². The van der Waals surface area contributed by atoms with Crippen molar-refractivity contribution in [2.24, 2.45) is 0 Å². The van der Waals surface area contributed by atoms with E-state index in [1.54, 1.807) is 20.8 Å². The standard InChI is InChI=1S/C17H22N2O5/c1-17(2,3)24-14(20)13-10-19(15(21)18(13)4)16(22)23-11-12-8-6-5-7-9-12/h5-9,13H,10-11H2,1-4H3/t13-/m0/s1. The fourth-order valence-electron chi connectivity index (χ4n) is 2.25. The number of urea groups is 1. The van der Waals surface area contributed by atoms with Gasteiger partial charge >= 0.3 is 18.1 Å². The number of amides is 3. The number of carbonyl (C=O) groups excluding carboxylic acids is 3. The van der Waals surface area contributed by atoms with Gasteiger partial charge in [-0.1, -0.05) is 30.3 Å². The molecule has 0 aliphatic carbocycles. The SMILES string of the molecule is CN1C(=O)N(C(=O)OCc2ccccc2)C[C@H]1C(=O)OC(C)(C)C. The number of benzene rings is 1. The molecule has 1 heterocycles. The minimum atomic E-state index is -0.832. The fourth-order valence-corrected chi connectivity index (χ4v) is 2.25. The third-order valence-electron chi connectivity index (χ3n) is 3.46. The molecule has 1 aliphatic rings. The molecule has 7 heteroatoms. The monoisotopic (exact) mass is 334 g/mol. The van der Waals surface area contributed by atoms with Gasteiger partial charge in [-0.25, -0.2) is 19.3 Å². The first-order chi connectivity index (χ1) is 11.2. The lowest BCUT2D eigenvalue weighted by molar-refractivity contribution is -0.158. The molecule has 24 heavy (non-hydrogen) atoms. The average Bonchev–Trinajstić information content (AvgIpc) is 2.80. The predicted molar refractivity (Wildman–Crippen MR) is 86.1 cm³/mol. The van der Waals surface area contributed by atoms with Gasteiger partial charge in [-0.3, -0.25) is 0 Å². The van der Waals surface area contributed by atoms with E-state index in [-0.39, 0.29) is 13.2 Å². The van der Waals surface area contributed by atoms with Crippen LogP contribution in [0.4, 0.5) is 9.59 Å². The van der Waals surface area contributed by atoms with Gasteiger partial charge in [0.25, 0.3) is 0 Å². The molecule has 0 unspecified atom stereocenters. The summed E-state index contributed by atoms with van der Waals surface area (Å²) in [6.45, 7) is 5.21. The number of esters is 1. The van der Waals surface area contributed by atoms with Crippen LogP contribution in [0.1, 0.15) is 26.3 Å². The van der Waals surface area contributed by atoms with Crippen LogP contribution < -0.4 is 0 Å². The fraction of sp³-hybridized carbons (Fsp3) is 0.471. The summed E-state index contributed by atoms with van der Waals surface area (Å²) in [7, 11) is 1.46. The van der Waals surface area contributed by atoms with E-state index < -0.39 is 29.7 Å².